The molecule has 1 aliphatic carbocycles. The largest absolute Gasteiger partial charge is 0.481 e. The molecule has 5 N–H and O–H groups in total. The van der Waals surface area contributed by atoms with Gasteiger partial charge in [-0.15, -0.1) is 0 Å². The maximum absolute atomic E-state index is 11.2. The minimum Gasteiger partial charge on any atom is -0.481 e. The summed E-state index contributed by atoms with van der Waals surface area (Å²) in [6.45, 7) is -0.281. The second-order valence-corrected chi connectivity index (χ2v) is 3.45. The van der Waals surface area contributed by atoms with E-state index in [0.717, 1.165) is 0 Å². The first-order chi connectivity index (χ1) is 6.93. The molecule has 1 fully saturated rings. The summed E-state index contributed by atoms with van der Waals surface area (Å²) in [5.41, 5.74) is 4.76. The number of amides is 2. The van der Waals surface area contributed by atoms with Gasteiger partial charge in [0.25, 0.3) is 0 Å². The van der Waals surface area contributed by atoms with Crippen LogP contribution in [0.15, 0.2) is 0 Å². The molecule has 7 nitrogen and oxygen atoms in total. The van der Waals surface area contributed by atoms with E-state index in [-0.39, 0.29) is 6.54 Å². The van der Waals surface area contributed by atoms with Gasteiger partial charge in [-0.25, -0.2) is 0 Å². The lowest BCUT2D eigenvalue weighted by Gasteiger charge is -2.07. The number of carbonyl (C=O) groups is 3. The summed E-state index contributed by atoms with van der Waals surface area (Å²) < 4.78 is 0. The average molecular weight is 216 g/mol. The van der Waals surface area contributed by atoms with E-state index in [9.17, 15) is 14.4 Å². The summed E-state index contributed by atoms with van der Waals surface area (Å²) in [6.07, 6.45) is -1.13. The SMILES string of the molecule is NC(=O)C(O)CNC(=O)[C@@H]1C[C@@H]1C(=O)O. The number of nitrogens with two attached hydrogens (primary N) is 1. The van der Waals surface area contributed by atoms with Crippen LogP contribution in [0, 0.1) is 11.8 Å². The van der Waals surface area contributed by atoms with E-state index in [1.165, 1.54) is 0 Å². The van der Waals surface area contributed by atoms with E-state index < -0.39 is 35.7 Å². The number of aliphatic hydroxyl groups is 1. The number of carboxylic acid groups (broad SMARTS) is 1. The van der Waals surface area contributed by atoms with Crippen molar-refractivity contribution in [3.05, 3.63) is 0 Å². The fraction of sp³-hybridized carbons (Fsp3) is 0.625. The lowest BCUT2D eigenvalue weighted by Crippen LogP contribution is -2.40. The number of carbonyl (C=O) groups excluding carboxylic acids is 2. The van der Waals surface area contributed by atoms with Crippen LogP contribution in [0.4, 0.5) is 0 Å². The molecule has 0 aromatic carbocycles. The lowest BCUT2D eigenvalue weighted by molar-refractivity contribution is -0.140. The quantitative estimate of drug-likeness (QED) is 0.409. The van der Waals surface area contributed by atoms with E-state index in [4.69, 9.17) is 15.9 Å². The van der Waals surface area contributed by atoms with Crippen LogP contribution in [-0.4, -0.2) is 40.6 Å². The third-order valence-electron chi connectivity index (χ3n) is 2.24. The van der Waals surface area contributed by atoms with Crippen molar-refractivity contribution in [3.8, 4) is 0 Å². The van der Waals surface area contributed by atoms with E-state index in [1.807, 2.05) is 0 Å². The van der Waals surface area contributed by atoms with E-state index in [0.29, 0.717) is 6.42 Å². The third-order valence-corrected chi connectivity index (χ3v) is 2.24. The van der Waals surface area contributed by atoms with Crippen molar-refractivity contribution in [2.45, 2.75) is 12.5 Å². The Bertz CT molecular complexity index is 303. The van der Waals surface area contributed by atoms with Crippen molar-refractivity contribution in [1.82, 2.24) is 5.32 Å². The van der Waals surface area contributed by atoms with Crippen LogP contribution in [0.3, 0.4) is 0 Å². The highest BCUT2D eigenvalue weighted by molar-refractivity contribution is 5.89. The van der Waals surface area contributed by atoms with Gasteiger partial charge in [0.1, 0.15) is 6.10 Å². The summed E-state index contributed by atoms with van der Waals surface area (Å²) in [5.74, 6) is -3.60. The number of rotatable bonds is 5. The standard InChI is InChI=1S/C8H12N2O5/c9-6(12)5(11)2-10-7(13)3-1-4(3)8(14)15/h3-5,11H,1-2H2,(H2,9,12)(H,10,13)(H,14,15)/t3-,4+,5?/m1/s1. The van der Waals surface area contributed by atoms with Gasteiger partial charge < -0.3 is 21.3 Å². The zero-order valence-electron chi connectivity index (χ0n) is 7.84. The number of carboxylic acids is 1. The maximum Gasteiger partial charge on any atom is 0.307 e. The van der Waals surface area contributed by atoms with Crippen LogP contribution in [-0.2, 0) is 14.4 Å². The number of nitrogens with one attached hydrogen (secondary N) is 1. The van der Waals surface area contributed by atoms with E-state index in [2.05, 4.69) is 5.32 Å². The Morgan fingerprint density at radius 2 is 2.00 bits per heavy atom. The van der Waals surface area contributed by atoms with Gasteiger partial charge in [0.15, 0.2) is 0 Å². The van der Waals surface area contributed by atoms with Gasteiger partial charge in [0, 0.05) is 0 Å². The summed E-state index contributed by atoms with van der Waals surface area (Å²) >= 11 is 0. The lowest BCUT2D eigenvalue weighted by atomic mass is 10.3. The molecule has 1 unspecified atom stereocenters. The van der Waals surface area contributed by atoms with Crippen molar-refractivity contribution in [2.24, 2.45) is 17.6 Å². The smallest absolute Gasteiger partial charge is 0.307 e. The van der Waals surface area contributed by atoms with Crippen LogP contribution in [0.25, 0.3) is 0 Å². The zero-order chi connectivity index (χ0) is 11.6. The minimum absolute atomic E-state index is 0.281. The minimum atomic E-state index is -1.43. The number of primary amides is 1. The molecule has 0 spiro atoms. The molecular formula is C8H12N2O5. The predicted molar refractivity (Wildman–Crippen MR) is 47.4 cm³/mol. The molecule has 84 valence electrons. The second-order valence-electron chi connectivity index (χ2n) is 3.45. The van der Waals surface area contributed by atoms with E-state index in [1.54, 1.807) is 0 Å². The molecule has 7 heteroatoms. The molecule has 0 aromatic heterocycles. The highest BCUT2D eigenvalue weighted by Crippen LogP contribution is 2.38. The fourth-order valence-corrected chi connectivity index (χ4v) is 1.19. The Hall–Kier alpha value is -1.63. The molecule has 0 aliphatic heterocycles. The predicted octanol–water partition coefficient (Wildman–Crippen LogP) is -2.33. The Balaban J connectivity index is 2.27. The summed E-state index contributed by atoms with van der Waals surface area (Å²) in [7, 11) is 0. The number of aliphatic carboxylic acids is 1. The molecule has 0 aromatic rings. The molecule has 1 rings (SSSR count). The maximum atomic E-state index is 11.2. The Labute approximate surface area is 85.3 Å². The van der Waals surface area contributed by atoms with Crippen LogP contribution in [0.1, 0.15) is 6.42 Å². The van der Waals surface area contributed by atoms with Crippen LogP contribution in [0.5, 0.6) is 0 Å². The topological polar surface area (TPSA) is 130 Å². The van der Waals surface area contributed by atoms with Crippen LogP contribution in [0.2, 0.25) is 0 Å². The number of hydrogen-bond acceptors (Lipinski definition) is 4. The number of hydrogen-bond donors (Lipinski definition) is 4. The highest BCUT2D eigenvalue weighted by atomic mass is 16.4. The summed E-state index contributed by atoms with van der Waals surface area (Å²) in [5, 5.41) is 19.7. The van der Waals surface area contributed by atoms with Crippen LogP contribution < -0.4 is 11.1 Å². The molecular weight excluding hydrogens is 204 g/mol. The van der Waals surface area contributed by atoms with Gasteiger partial charge in [0.05, 0.1) is 18.4 Å². The molecule has 3 atom stereocenters. The zero-order valence-corrected chi connectivity index (χ0v) is 7.84. The highest BCUT2D eigenvalue weighted by Gasteiger charge is 2.48. The van der Waals surface area contributed by atoms with Gasteiger partial charge in [-0.1, -0.05) is 0 Å². The van der Waals surface area contributed by atoms with Crippen molar-refractivity contribution in [1.29, 1.82) is 0 Å². The Kier molecular flexibility index (Phi) is 3.25. The van der Waals surface area contributed by atoms with Gasteiger partial charge in [0.2, 0.25) is 11.8 Å². The van der Waals surface area contributed by atoms with Crippen molar-refractivity contribution >= 4 is 17.8 Å². The first kappa shape index (κ1) is 11.4. The van der Waals surface area contributed by atoms with Gasteiger partial charge in [-0.3, -0.25) is 14.4 Å². The molecule has 1 aliphatic rings. The first-order valence-electron chi connectivity index (χ1n) is 4.41. The molecule has 0 saturated heterocycles. The molecule has 15 heavy (non-hydrogen) atoms. The Morgan fingerprint density at radius 1 is 1.40 bits per heavy atom. The Morgan fingerprint density at radius 3 is 2.40 bits per heavy atom. The molecule has 2 amide bonds. The van der Waals surface area contributed by atoms with Crippen molar-refractivity contribution in [2.75, 3.05) is 6.54 Å². The molecule has 0 radical (unpaired) electrons. The monoisotopic (exact) mass is 216 g/mol. The third kappa shape index (κ3) is 2.91. The van der Waals surface area contributed by atoms with Gasteiger partial charge in [-0.2, -0.15) is 0 Å². The normalized spacial score (nSPS) is 25.4. The van der Waals surface area contributed by atoms with Crippen molar-refractivity contribution < 1.29 is 24.6 Å². The van der Waals surface area contributed by atoms with E-state index >= 15 is 0 Å². The summed E-state index contributed by atoms with van der Waals surface area (Å²) in [4.78, 5) is 32.0. The average Bonchev–Trinajstić information content (AvgIpc) is 2.92. The fourth-order valence-electron chi connectivity index (χ4n) is 1.19. The van der Waals surface area contributed by atoms with Crippen LogP contribution >= 0.6 is 0 Å². The summed E-state index contributed by atoms with van der Waals surface area (Å²) in [6, 6.07) is 0. The van der Waals surface area contributed by atoms with Gasteiger partial charge >= 0.3 is 5.97 Å². The van der Waals surface area contributed by atoms with Crippen molar-refractivity contribution in [3.63, 3.8) is 0 Å². The second kappa shape index (κ2) is 4.26. The molecule has 0 bridgehead atoms. The first-order valence-corrected chi connectivity index (χ1v) is 4.41. The number of aliphatic hydroxyl groups excluding tert-OH is 1. The molecule has 0 heterocycles. The van der Waals surface area contributed by atoms with Gasteiger partial charge in [-0.05, 0) is 6.42 Å². The molecule has 1 saturated carbocycles.